The fourth-order valence-corrected chi connectivity index (χ4v) is 5.97. The van der Waals surface area contributed by atoms with Crippen molar-refractivity contribution in [3.05, 3.63) is 85.1 Å². The molecule has 0 aliphatic rings. The van der Waals surface area contributed by atoms with Gasteiger partial charge < -0.3 is 24.6 Å². The molecule has 3 N–H and O–H groups in total. The summed E-state index contributed by atoms with van der Waals surface area (Å²) in [6.45, 7) is 2.20. The van der Waals surface area contributed by atoms with Crippen molar-refractivity contribution in [1.29, 1.82) is 0 Å². The van der Waals surface area contributed by atoms with E-state index in [0.717, 1.165) is 44.9 Å². The fraction of sp³-hybridized carbons (Fsp3) is 0.652. The lowest BCUT2D eigenvalue weighted by atomic mass is 10.1. The molecule has 57 heavy (non-hydrogen) atoms. The summed E-state index contributed by atoms with van der Waals surface area (Å²) >= 11 is 0. The van der Waals surface area contributed by atoms with Crippen molar-refractivity contribution in [2.24, 2.45) is 0 Å². The summed E-state index contributed by atoms with van der Waals surface area (Å²) in [6.07, 6.45) is 48.5. The van der Waals surface area contributed by atoms with Crippen molar-refractivity contribution in [3.63, 3.8) is 0 Å². The van der Waals surface area contributed by atoms with Crippen molar-refractivity contribution < 1.29 is 47.8 Å². The average molecular weight is 821 g/mol. The largest absolute Gasteiger partial charge is 0.472 e. The number of phosphoric ester groups is 1. The molecule has 0 aliphatic carbocycles. The van der Waals surface area contributed by atoms with E-state index >= 15 is 0 Å². The van der Waals surface area contributed by atoms with Crippen LogP contribution in [-0.4, -0.2) is 65.7 Å². The maximum atomic E-state index is 12.6. The minimum absolute atomic E-state index is 0.0932. The molecule has 0 aromatic rings. The molecular formula is C46H77O10P. The van der Waals surface area contributed by atoms with E-state index in [1.165, 1.54) is 57.8 Å². The van der Waals surface area contributed by atoms with Gasteiger partial charge in [0.25, 0.3) is 0 Å². The minimum Gasteiger partial charge on any atom is -0.462 e. The number of hydrogen-bond donors (Lipinski definition) is 3. The number of hydrogen-bond acceptors (Lipinski definition) is 9. The number of rotatable bonds is 39. The monoisotopic (exact) mass is 821 g/mol. The van der Waals surface area contributed by atoms with E-state index in [1.807, 2.05) is 18.2 Å². The molecule has 10 nitrogen and oxygen atoms in total. The first-order valence-electron chi connectivity index (χ1n) is 21.5. The second-order valence-corrected chi connectivity index (χ2v) is 15.5. The molecule has 0 aliphatic heterocycles. The normalized spacial score (nSPS) is 14.7. The van der Waals surface area contributed by atoms with Crippen LogP contribution in [0.25, 0.3) is 0 Å². The second-order valence-electron chi connectivity index (χ2n) is 14.0. The Morgan fingerprint density at radius 3 is 1.40 bits per heavy atom. The van der Waals surface area contributed by atoms with E-state index in [4.69, 9.17) is 19.1 Å². The number of carbonyl (C=O) groups excluding carboxylic acids is 2. The number of carbonyl (C=O) groups is 2. The van der Waals surface area contributed by atoms with E-state index in [9.17, 15) is 24.2 Å². The third-order valence-electron chi connectivity index (χ3n) is 8.52. The van der Waals surface area contributed by atoms with Gasteiger partial charge in [-0.1, -0.05) is 144 Å². The third kappa shape index (κ3) is 41.1. The molecule has 11 heteroatoms. The van der Waals surface area contributed by atoms with E-state index < -0.39 is 51.8 Å². The van der Waals surface area contributed by atoms with Crippen LogP contribution in [0.5, 0.6) is 0 Å². The molecule has 0 aromatic heterocycles. The second kappa shape index (κ2) is 41.3. The first-order chi connectivity index (χ1) is 27.7. The van der Waals surface area contributed by atoms with Crippen LogP contribution >= 0.6 is 7.82 Å². The number of allylic oxidation sites excluding steroid dienone is 14. The maximum absolute atomic E-state index is 12.6. The topological polar surface area (TPSA) is 149 Å². The molecule has 1 unspecified atom stereocenters. The van der Waals surface area contributed by atoms with Crippen molar-refractivity contribution in [2.75, 3.05) is 26.4 Å². The average Bonchev–Trinajstić information content (AvgIpc) is 3.20. The number of ether oxygens (including phenoxy) is 2. The summed E-state index contributed by atoms with van der Waals surface area (Å²) in [7, 11) is -4.65. The number of esters is 2. The lowest BCUT2D eigenvalue weighted by Crippen LogP contribution is -2.29. The van der Waals surface area contributed by atoms with Gasteiger partial charge in [-0.2, -0.15) is 0 Å². The first kappa shape index (κ1) is 54.2. The molecule has 3 atom stereocenters. The van der Waals surface area contributed by atoms with Crippen LogP contribution in [0.15, 0.2) is 85.1 Å². The van der Waals surface area contributed by atoms with Gasteiger partial charge in [0, 0.05) is 12.8 Å². The highest BCUT2D eigenvalue weighted by molar-refractivity contribution is 7.47. The van der Waals surface area contributed by atoms with E-state index in [-0.39, 0.29) is 19.4 Å². The zero-order valence-electron chi connectivity index (χ0n) is 35.3. The van der Waals surface area contributed by atoms with Crippen molar-refractivity contribution in [1.82, 2.24) is 0 Å². The number of aliphatic hydroxyl groups is 2. The molecule has 0 rings (SSSR count). The van der Waals surface area contributed by atoms with Gasteiger partial charge in [0.15, 0.2) is 6.10 Å². The molecule has 0 spiro atoms. The van der Waals surface area contributed by atoms with Crippen LogP contribution in [0.4, 0.5) is 0 Å². The first-order valence-corrected chi connectivity index (χ1v) is 23.0. The molecular weight excluding hydrogens is 743 g/mol. The predicted octanol–water partition coefficient (Wildman–Crippen LogP) is 11.4. The molecule has 0 amide bonds. The van der Waals surface area contributed by atoms with Crippen LogP contribution in [0.1, 0.15) is 155 Å². The smallest absolute Gasteiger partial charge is 0.462 e. The molecule has 0 fully saturated rings. The van der Waals surface area contributed by atoms with Crippen molar-refractivity contribution in [3.8, 4) is 0 Å². The van der Waals surface area contributed by atoms with Crippen molar-refractivity contribution >= 4 is 19.8 Å². The quantitative estimate of drug-likeness (QED) is 0.0237. The van der Waals surface area contributed by atoms with Crippen LogP contribution < -0.4 is 0 Å². The summed E-state index contributed by atoms with van der Waals surface area (Å²) in [6, 6.07) is 0. The Morgan fingerprint density at radius 2 is 0.912 bits per heavy atom. The predicted molar refractivity (Wildman–Crippen MR) is 233 cm³/mol. The minimum atomic E-state index is -4.65. The zero-order chi connectivity index (χ0) is 41.9. The summed E-state index contributed by atoms with van der Waals surface area (Å²) < 4.78 is 32.6. The molecule has 0 heterocycles. The van der Waals surface area contributed by atoms with E-state index in [2.05, 4.69) is 85.2 Å². The van der Waals surface area contributed by atoms with Gasteiger partial charge in [-0.25, -0.2) is 4.57 Å². The highest BCUT2D eigenvalue weighted by Gasteiger charge is 2.27. The van der Waals surface area contributed by atoms with Crippen LogP contribution in [0, 0.1) is 0 Å². The lowest BCUT2D eigenvalue weighted by Gasteiger charge is -2.20. The standard InChI is InChI=1S/C46H77O10P/c1-3-5-7-9-11-13-15-17-19-21-23-25-27-29-31-33-35-37-45(49)53-41-44(42-55-57(51,52)54-40-43(48)39-47)56-46(50)38-36-34-32-30-28-26-24-22-20-18-16-14-12-10-8-6-4-2/h12,14,17-20,23-26,29-32,43-44,47-48H,3-11,13,15-16,21-22,27-28,33-42H2,1-2H3,(H,51,52)/b14-12+,19-17+,20-18+,25-23+,26-24+,31-29+,32-30+/t43-,44+/m0/s1. The Labute approximate surface area is 345 Å². The maximum Gasteiger partial charge on any atom is 0.472 e. The molecule has 0 aromatic carbocycles. The van der Waals surface area contributed by atoms with Crippen molar-refractivity contribution in [2.45, 2.75) is 167 Å². The van der Waals surface area contributed by atoms with E-state index in [1.54, 1.807) is 0 Å². The summed E-state index contributed by atoms with van der Waals surface area (Å²) in [5, 5.41) is 18.3. The van der Waals surface area contributed by atoms with Gasteiger partial charge in [-0.3, -0.25) is 18.6 Å². The lowest BCUT2D eigenvalue weighted by molar-refractivity contribution is -0.161. The number of aliphatic hydroxyl groups excluding tert-OH is 2. The van der Waals surface area contributed by atoms with Crippen LogP contribution in [0.3, 0.4) is 0 Å². The van der Waals surface area contributed by atoms with Crippen LogP contribution in [0.2, 0.25) is 0 Å². The van der Waals surface area contributed by atoms with Gasteiger partial charge in [-0.15, -0.1) is 0 Å². The fourth-order valence-electron chi connectivity index (χ4n) is 5.18. The van der Waals surface area contributed by atoms with E-state index in [0.29, 0.717) is 25.7 Å². The Kier molecular flexibility index (Phi) is 39.2. The highest BCUT2D eigenvalue weighted by atomic mass is 31.2. The molecule has 0 radical (unpaired) electrons. The van der Waals surface area contributed by atoms with Gasteiger partial charge in [0.1, 0.15) is 12.7 Å². The van der Waals surface area contributed by atoms with Gasteiger partial charge >= 0.3 is 19.8 Å². The Morgan fingerprint density at radius 1 is 0.526 bits per heavy atom. The Hall–Kier alpha value is -2.85. The zero-order valence-corrected chi connectivity index (χ0v) is 36.2. The highest BCUT2D eigenvalue weighted by Crippen LogP contribution is 2.43. The molecule has 326 valence electrons. The molecule has 0 saturated heterocycles. The molecule has 0 bridgehead atoms. The number of phosphoric acid groups is 1. The number of unbranched alkanes of at least 4 members (excludes halogenated alkanes) is 11. The molecule has 0 saturated carbocycles. The van der Waals surface area contributed by atoms with Gasteiger partial charge in [0.05, 0.1) is 19.8 Å². The Bertz CT molecular complexity index is 1220. The third-order valence-corrected chi connectivity index (χ3v) is 9.47. The summed E-state index contributed by atoms with van der Waals surface area (Å²) in [5.41, 5.74) is 0. The van der Waals surface area contributed by atoms with Crippen LogP contribution in [-0.2, 0) is 32.7 Å². The summed E-state index contributed by atoms with van der Waals surface area (Å²) in [5.74, 6) is -1.06. The summed E-state index contributed by atoms with van der Waals surface area (Å²) in [4.78, 5) is 34.9. The Balaban J connectivity index is 4.50. The van der Waals surface area contributed by atoms with Gasteiger partial charge in [0.2, 0.25) is 0 Å². The SMILES string of the molecule is CCCCC/C=C/C/C=C/C/C=C/C/C=C/CCCC(=O)O[C@H](COC(=O)CCC/C=C/C/C=C/C/C=C/CCCCCCCC)COP(=O)(O)OC[C@@H](O)CO. The van der Waals surface area contributed by atoms with Gasteiger partial charge in [-0.05, 0) is 83.5 Å².